The first-order valence-electron chi connectivity index (χ1n) is 12.7. The zero-order valence-electron chi connectivity index (χ0n) is 21.1. The Morgan fingerprint density at radius 3 is 2.73 bits per heavy atom. The monoisotopic (exact) mass is 566 g/mol. The number of aryl methyl sites for hydroxylation is 2. The Morgan fingerprint density at radius 1 is 1.14 bits per heavy atom. The van der Waals surface area contributed by atoms with E-state index < -0.39 is 5.97 Å². The molecule has 0 radical (unpaired) electrons. The molecule has 7 nitrogen and oxygen atoms in total. The third-order valence-electron chi connectivity index (χ3n) is 6.94. The van der Waals surface area contributed by atoms with E-state index >= 15 is 0 Å². The van der Waals surface area contributed by atoms with Crippen molar-refractivity contribution in [1.29, 1.82) is 0 Å². The molecule has 1 saturated carbocycles. The Kier molecular flexibility index (Phi) is 7.79. The Balaban J connectivity index is 1.16. The average Bonchev–Trinajstić information content (AvgIpc) is 3.43. The van der Waals surface area contributed by atoms with Gasteiger partial charge >= 0.3 is 5.97 Å². The molecule has 1 N–H and O–H groups in total. The lowest BCUT2D eigenvalue weighted by Crippen LogP contribution is -2.29. The highest BCUT2D eigenvalue weighted by atomic mass is 79.9. The maximum absolute atomic E-state index is 11.8. The number of rotatable bonds is 9. The van der Waals surface area contributed by atoms with Crippen LogP contribution in [0.1, 0.15) is 53.2 Å². The zero-order chi connectivity index (χ0) is 25.9. The molecule has 5 rings (SSSR count). The SMILES string of the molecule is Cc1cccc(-c2nc(COC3CCCC(OCCn4c(C(=O)O)cc5cc(Br)ccc54)C3)c(C)o2)c1. The largest absolute Gasteiger partial charge is 0.477 e. The summed E-state index contributed by atoms with van der Waals surface area (Å²) in [4.78, 5) is 16.5. The van der Waals surface area contributed by atoms with E-state index in [4.69, 9.17) is 13.9 Å². The Bertz CT molecular complexity index is 1410. The fraction of sp³-hybridized carbons (Fsp3) is 0.379. The fourth-order valence-corrected chi connectivity index (χ4v) is 5.41. The van der Waals surface area contributed by atoms with Crippen molar-refractivity contribution in [2.75, 3.05) is 6.61 Å². The van der Waals surface area contributed by atoms with E-state index in [1.165, 1.54) is 0 Å². The quantitative estimate of drug-likeness (QED) is 0.236. The molecule has 2 aromatic carbocycles. The molecule has 4 aromatic rings. The maximum Gasteiger partial charge on any atom is 0.352 e. The highest BCUT2D eigenvalue weighted by molar-refractivity contribution is 9.10. The number of carboxylic acids is 1. The molecule has 2 aromatic heterocycles. The molecule has 194 valence electrons. The number of carbonyl (C=O) groups is 1. The van der Waals surface area contributed by atoms with E-state index in [0.29, 0.717) is 25.6 Å². The summed E-state index contributed by atoms with van der Waals surface area (Å²) >= 11 is 3.46. The number of aromatic carboxylic acids is 1. The van der Waals surface area contributed by atoms with Gasteiger partial charge in [-0.05, 0) is 75.9 Å². The van der Waals surface area contributed by atoms with Crippen LogP contribution in [-0.2, 0) is 22.6 Å². The Hall–Kier alpha value is -2.94. The van der Waals surface area contributed by atoms with E-state index in [1.807, 2.05) is 41.8 Å². The Morgan fingerprint density at radius 2 is 1.95 bits per heavy atom. The van der Waals surface area contributed by atoms with Gasteiger partial charge < -0.3 is 23.6 Å². The maximum atomic E-state index is 11.8. The first-order chi connectivity index (χ1) is 17.9. The van der Waals surface area contributed by atoms with Crippen LogP contribution in [0.15, 0.2) is 57.4 Å². The highest BCUT2D eigenvalue weighted by Crippen LogP contribution is 2.28. The van der Waals surface area contributed by atoms with Crippen LogP contribution < -0.4 is 0 Å². The van der Waals surface area contributed by atoms with Crippen LogP contribution in [0, 0.1) is 13.8 Å². The molecule has 1 fully saturated rings. The molecule has 1 aliphatic rings. The number of ether oxygens (including phenoxy) is 2. The van der Waals surface area contributed by atoms with E-state index in [9.17, 15) is 9.90 Å². The van der Waals surface area contributed by atoms with Gasteiger partial charge in [0.05, 0.1) is 25.4 Å². The second kappa shape index (κ2) is 11.2. The average molecular weight is 567 g/mol. The molecule has 0 amide bonds. The lowest BCUT2D eigenvalue weighted by Gasteiger charge is -2.29. The number of halogens is 1. The molecule has 0 saturated heterocycles. The van der Waals surface area contributed by atoms with E-state index in [-0.39, 0.29) is 17.9 Å². The molecular weight excluding hydrogens is 536 g/mol. The van der Waals surface area contributed by atoms with Gasteiger partial charge in [-0.2, -0.15) is 0 Å². The van der Waals surface area contributed by atoms with Gasteiger partial charge in [-0.15, -0.1) is 0 Å². The third-order valence-corrected chi connectivity index (χ3v) is 7.44. The smallest absolute Gasteiger partial charge is 0.352 e. The molecule has 2 atom stereocenters. The molecule has 0 bridgehead atoms. The van der Waals surface area contributed by atoms with Crippen molar-refractivity contribution in [2.45, 2.75) is 64.9 Å². The van der Waals surface area contributed by atoms with Crippen molar-refractivity contribution in [3.05, 3.63) is 75.7 Å². The first-order valence-corrected chi connectivity index (χ1v) is 13.5. The summed E-state index contributed by atoms with van der Waals surface area (Å²) in [5, 5.41) is 10.6. The highest BCUT2D eigenvalue weighted by Gasteiger charge is 2.24. The van der Waals surface area contributed by atoms with E-state index in [2.05, 4.69) is 40.0 Å². The number of hydrogen-bond acceptors (Lipinski definition) is 5. The van der Waals surface area contributed by atoms with Gasteiger partial charge in [-0.1, -0.05) is 33.6 Å². The third kappa shape index (κ3) is 5.98. The van der Waals surface area contributed by atoms with Crippen molar-refractivity contribution in [3.8, 4) is 11.5 Å². The summed E-state index contributed by atoms with van der Waals surface area (Å²) in [5.74, 6) is 0.461. The van der Waals surface area contributed by atoms with Crippen LogP contribution in [0.5, 0.6) is 0 Å². The normalized spacial score (nSPS) is 17.9. The lowest BCUT2D eigenvalue weighted by atomic mass is 9.95. The van der Waals surface area contributed by atoms with Gasteiger partial charge in [-0.25, -0.2) is 9.78 Å². The predicted molar refractivity (Wildman–Crippen MR) is 145 cm³/mol. The van der Waals surface area contributed by atoms with Crippen molar-refractivity contribution in [2.24, 2.45) is 0 Å². The van der Waals surface area contributed by atoms with Crippen molar-refractivity contribution < 1.29 is 23.8 Å². The van der Waals surface area contributed by atoms with Crippen LogP contribution in [0.25, 0.3) is 22.4 Å². The number of aromatic nitrogens is 2. The van der Waals surface area contributed by atoms with Gasteiger partial charge in [0.2, 0.25) is 5.89 Å². The van der Waals surface area contributed by atoms with Gasteiger partial charge in [-0.3, -0.25) is 0 Å². The van der Waals surface area contributed by atoms with Gasteiger partial charge in [0.1, 0.15) is 17.1 Å². The zero-order valence-corrected chi connectivity index (χ0v) is 22.7. The molecule has 1 aliphatic carbocycles. The van der Waals surface area contributed by atoms with Crippen LogP contribution in [-0.4, -0.2) is 39.4 Å². The molecule has 37 heavy (non-hydrogen) atoms. The number of nitrogens with zero attached hydrogens (tertiary/aromatic N) is 2. The van der Waals surface area contributed by atoms with E-state index in [1.54, 1.807) is 6.07 Å². The fourth-order valence-electron chi connectivity index (χ4n) is 5.04. The van der Waals surface area contributed by atoms with Crippen LogP contribution >= 0.6 is 15.9 Å². The molecule has 8 heteroatoms. The van der Waals surface area contributed by atoms with Crippen molar-refractivity contribution in [3.63, 3.8) is 0 Å². The Labute approximate surface area is 224 Å². The number of fused-ring (bicyclic) bond motifs is 1. The summed E-state index contributed by atoms with van der Waals surface area (Å²) in [6.07, 6.45) is 3.99. The number of hydrogen-bond donors (Lipinski definition) is 1. The number of benzene rings is 2. The summed E-state index contributed by atoms with van der Waals surface area (Å²) in [6.45, 7) is 5.31. The first kappa shape index (κ1) is 25.7. The number of carboxylic acid groups (broad SMARTS) is 1. The van der Waals surface area contributed by atoms with Crippen molar-refractivity contribution in [1.82, 2.24) is 9.55 Å². The second-order valence-corrected chi connectivity index (χ2v) is 10.6. The summed E-state index contributed by atoms with van der Waals surface area (Å²) in [7, 11) is 0. The standard InChI is InChI=1S/C29H31BrN2O5/c1-18-5-3-6-20(13-18)28-31-25(19(2)37-28)17-36-24-8-4-7-23(16-24)35-12-11-32-26-10-9-22(30)14-21(26)15-27(32)29(33)34/h3,5-6,9-10,13-15,23-24H,4,7-8,11-12,16-17H2,1-2H3,(H,33,34). The molecule has 2 heterocycles. The van der Waals surface area contributed by atoms with Crippen molar-refractivity contribution >= 4 is 32.8 Å². The molecule has 0 aliphatic heterocycles. The topological polar surface area (TPSA) is 86.7 Å². The van der Waals surface area contributed by atoms with Gasteiger partial charge in [0.25, 0.3) is 0 Å². The second-order valence-electron chi connectivity index (χ2n) is 9.67. The summed E-state index contributed by atoms with van der Waals surface area (Å²) in [5.41, 5.74) is 4.12. The van der Waals surface area contributed by atoms with Gasteiger partial charge in [0, 0.05) is 27.5 Å². The summed E-state index contributed by atoms with van der Waals surface area (Å²) < 4.78 is 21.1. The van der Waals surface area contributed by atoms with E-state index in [0.717, 1.165) is 63.6 Å². The summed E-state index contributed by atoms with van der Waals surface area (Å²) in [6, 6.07) is 15.6. The van der Waals surface area contributed by atoms with Gasteiger partial charge in [0.15, 0.2) is 0 Å². The van der Waals surface area contributed by atoms with Crippen LogP contribution in [0.2, 0.25) is 0 Å². The van der Waals surface area contributed by atoms with Crippen LogP contribution in [0.4, 0.5) is 0 Å². The molecule has 0 spiro atoms. The molecular formula is C29H31BrN2O5. The van der Waals surface area contributed by atoms with Crippen LogP contribution in [0.3, 0.4) is 0 Å². The molecule has 2 unspecified atom stereocenters. The lowest BCUT2D eigenvalue weighted by molar-refractivity contribution is -0.0523. The minimum absolute atomic E-state index is 0.0873. The number of oxazole rings is 1. The minimum atomic E-state index is -0.938. The predicted octanol–water partition coefficient (Wildman–Crippen LogP) is 6.92. The minimum Gasteiger partial charge on any atom is -0.477 e.